The molecule has 0 saturated carbocycles. The lowest BCUT2D eigenvalue weighted by molar-refractivity contribution is 0.315. The predicted octanol–water partition coefficient (Wildman–Crippen LogP) is 3.97. The standard InChI is InChI=1S/C17H21BrN2O/c1-2-9-20-13-15-4-3-5-16(18)17(15)21-12-8-14-6-10-19-11-7-14/h3-7,10-11,20H,2,8-9,12-13H2,1H3. The molecule has 21 heavy (non-hydrogen) atoms. The number of aromatic nitrogens is 1. The first-order valence-corrected chi connectivity index (χ1v) is 8.10. The van der Waals surface area contributed by atoms with Gasteiger partial charge in [0.2, 0.25) is 0 Å². The van der Waals surface area contributed by atoms with Crippen molar-refractivity contribution in [2.24, 2.45) is 0 Å². The number of hydrogen-bond donors (Lipinski definition) is 1. The minimum atomic E-state index is 0.660. The molecule has 0 aliphatic carbocycles. The van der Waals surface area contributed by atoms with Crippen LogP contribution in [0.25, 0.3) is 0 Å². The van der Waals surface area contributed by atoms with Crippen molar-refractivity contribution in [3.8, 4) is 5.75 Å². The summed E-state index contributed by atoms with van der Waals surface area (Å²) in [6.07, 6.45) is 5.64. The number of nitrogens with one attached hydrogen (secondary N) is 1. The van der Waals surface area contributed by atoms with E-state index in [1.54, 1.807) is 0 Å². The molecule has 0 aliphatic heterocycles. The number of benzene rings is 1. The monoisotopic (exact) mass is 348 g/mol. The van der Waals surface area contributed by atoms with Crippen molar-refractivity contribution in [3.05, 3.63) is 58.3 Å². The van der Waals surface area contributed by atoms with Gasteiger partial charge < -0.3 is 10.1 Å². The molecule has 2 aromatic rings. The number of ether oxygens (including phenoxy) is 1. The molecular weight excluding hydrogens is 328 g/mol. The van der Waals surface area contributed by atoms with Gasteiger partial charge in [0.15, 0.2) is 0 Å². The van der Waals surface area contributed by atoms with E-state index in [4.69, 9.17) is 4.74 Å². The summed E-state index contributed by atoms with van der Waals surface area (Å²) in [7, 11) is 0. The van der Waals surface area contributed by atoms with Crippen LogP contribution in [0.5, 0.6) is 5.75 Å². The summed E-state index contributed by atoms with van der Waals surface area (Å²) in [6, 6.07) is 10.2. The second-order valence-corrected chi connectivity index (χ2v) is 5.71. The maximum atomic E-state index is 6.00. The summed E-state index contributed by atoms with van der Waals surface area (Å²) in [5, 5.41) is 3.42. The molecule has 0 spiro atoms. The first kappa shape index (κ1) is 16.0. The Kier molecular flexibility index (Phi) is 6.70. The Morgan fingerprint density at radius 1 is 1.19 bits per heavy atom. The first-order valence-electron chi connectivity index (χ1n) is 7.31. The first-order chi connectivity index (χ1) is 10.3. The summed E-state index contributed by atoms with van der Waals surface area (Å²) in [4.78, 5) is 4.03. The van der Waals surface area contributed by atoms with Crippen LogP contribution in [-0.2, 0) is 13.0 Å². The van der Waals surface area contributed by atoms with E-state index in [0.717, 1.165) is 36.2 Å². The number of halogens is 1. The second kappa shape index (κ2) is 8.80. The summed E-state index contributed by atoms with van der Waals surface area (Å²) >= 11 is 3.58. The molecule has 4 heteroatoms. The van der Waals surface area contributed by atoms with Gasteiger partial charge >= 0.3 is 0 Å². The third-order valence-electron chi connectivity index (χ3n) is 3.18. The van der Waals surface area contributed by atoms with Gasteiger partial charge in [0.25, 0.3) is 0 Å². The number of nitrogens with zero attached hydrogens (tertiary/aromatic N) is 1. The summed E-state index contributed by atoms with van der Waals surface area (Å²) in [5.74, 6) is 0.940. The Morgan fingerprint density at radius 3 is 2.76 bits per heavy atom. The molecule has 112 valence electrons. The van der Waals surface area contributed by atoms with E-state index < -0.39 is 0 Å². The minimum absolute atomic E-state index is 0.660. The Balaban J connectivity index is 1.94. The highest BCUT2D eigenvalue weighted by molar-refractivity contribution is 9.10. The fraction of sp³-hybridized carbons (Fsp3) is 0.353. The highest BCUT2D eigenvalue weighted by atomic mass is 79.9. The van der Waals surface area contributed by atoms with E-state index in [-0.39, 0.29) is 0 Å². The number of pyridine rings is 1. The van der Waals surface area contributed by atoms with Crippen LogP contribution < -0.4 is 10.1 Å². The van der Waals surface area contributed by atoms with Gasteiger partial charge in [0, 0.05) is 30.9 Å². The third-order valence-corrected chi connectivity index (χ3v) is 3.80. The van der Waals surface area contributed by atoms with Crippen LogP contribution in [0.2, 0.25) is 0 Å². The number of rotatable bonds is 8. The molecule has 1 aromatic carbocycles. The molecule has 3 nitrogen and oxygen atoms in total. The van der Waals surface area contributed by atoms with Crippen molar-refractivity contribution in [1.29, 1.82) is 0 Å². The summed E-state index contributed by atoms with van der Waals surface area (Å²) < 4.78 is 7.00. The lowest BCUT2D eigenvalue weighted by atomic mass is 10.2. The lowest BCUT2D eigenvalue weighted by Gasteiger charge is -2.14. The number of hydrogen-bond acceptors (Lipinski definition) is 3. The smallest absolute Gasteiger partial charge is 0.137 e. The van der Waals surface area contributed by atoms with Gasteiger partial charge in [-0.25, -0.2) is 0 Å². The van der Waals surface area contributed by atoms with E-state index in [1.165, 1.54) is 11.1 Å². The normalized spacial score (nSPS) is 10.6. The maximum Gasteiger partial charge on any atom is 0.137 e. The van der Waals surface area contributed by atoms with E-state index >= 15 is 0 Å². The highest BCUT2D eigenvalue weighted by Crippen LogP contribution is 2.29. The fourth-order valence-electron chi connectivity index (χ4n) is 2.07. The van der Waals surface area contributed by atoms with Gasteiger partial charge in [-0.2, -0.15) is 0 Å². The zero-order chi connectivity index (χ0) is 14.9. The average Bonchev–Trinajstić information content (AvgIpc) is 2.51. The largest absolute Gasteiger partial charge is 0.492 e. The molecule has 1 aromatic heterocycles. The molecule has 1 heterocycles. The van der Waals surface area contributed by atoms with Crippen LogP contribution in [0.15, 0.2) is 47.2 Å². The Morgan fingerprint density at radius 2 is 2.00 bits per heavy atom. The Bertz CT molecular complexity index is 546. The maximum absolute atomic E-state index is 6.00. The molecule has 2 rings (SSSR count). The van der Waals surface area contributed by atoms with Gasteiger partial charge in [0.1, 0.15) is 5.75 Å². The number of para-hydroxylation sites is 1. The summed E-state index contributed by atoms with van der Waals surface area (Å²) in [6.45, 7) is 4.67. The molecule has 1 N–H and O–H groups in total. The van der Waals surface area contributed by atoms with Crippen molar-refractivity contribution in [2.45, 2.75) is 26.3 Å². The molecular formula is C17H21BrN2O. The fourth-order valence-corrected chi connectivity index (χ4v) is 2.60. The molecule has 0 bridgehead atoms. The zero-order valence-electron chi connectivity index (χ0n) is 12.3. The molecule has 0 amide bonds. The second-order valence-electron chi connectivity index (χ2n) is 4.86. The topological polar surface area (TPSA) is 34.1 Å². The quantitative estimate of drug-likeness (QED) is 0.733. The molecule has 0 unspecified atom stereocenters. The van der Waals surface area contributed by atoms with Gasteiger partial charge in [-0.05, 0) is 52.7 Å². The highest BCUT2D eigenvalue weighted by Gasteiger charge is 2.07. The Labute approximate surface area is 134 Å². The van der Waals surface area contributed by atoms with E-state index in [9.17, 15) is 0 Å². The van der Waals surface area contributed by atoms with Crippen LogP contribution in [0.1, 0.15) is 24.5 Å². The molecule has 0 saturated heterocycles. The van der Waals surface area contributed by atoms with Crippen molar-refractivity contribution in [1.82, 2.24) is 10.3 Å². The van der Waals surface area contributed by atoms with E-state index in [0.29, 0.717) is 6.61 Å². The third kappa shape index (κ3) is 5.14. The SMILES string of the molecule is CCCNCc1cccc(Br)c1OCCc1ccncc1. The van der Waals surface area contributed by atoms with Gasteiger partial charge in [0.05, 0.1) is 11.1 Å². The van der Waals surface area contributed by atoms with Crippen molar-refractivity contribution < 1.29 is 4.74 Å². The van der Waals surface area contributed by atoms with Gasteiger partial charge in [-0.3, -0.25) is 4.98 Å². The van der Waals surface area contributed by atoms with E-state index in [2.05, 4.69) is 39.2 Å². The van der Waals surface area contributed by atoms with Crippen molar-refractivity contribution >= 4 is 15.9 Å². The van der Waals surface area contributed by atoms with Crippen LogP contribution in [0.4, 0.5) is 0 Å². The van der Waals surface area contributed by atoms with Crippen LogP contribution in [0.3, 0.4) is 0 Å². The lowest BCUT2D eigenvalue weighted by Crippen LogP contribution is -2.15. The molecule has 0 radical (unpaired) electrons. The van der Waals surface area contributed by atoms with Crippen LogP contribution >= 0.6 is 15.9 Å². The molecule has 0 atom stereocenters. The predicted molar refractivity (Wildman–Crippen MR) is 89.6 cm³/mol. The van der Waals surface area contributed by atoms with Gasteiger partial charge in [-0.15, -0.1) is 0 Å². The van der Waals surface area contributed by atoms with Crippen molar-refractivity contribution in [2.75, 3.05) is 13.2 Å². The van der Waals surface area contributed by atoms with Gasteiger partial charge in [-0.1, -0.05) is 19.1 Å². The zero-order valence-corrected chi connectivity index (χ0v) is 13.9. The minimum Gasteiger partial charge on any atom is -0.492 e. The van der Waals surface area contributed by atoms with E-state index in [1.807, 2.05) is 36.7 Å². The van der Waals surface area contributed by atoms with Crippen LogP contribution in [-0.4, -0.2) is 18.1 Å². The van der Waals surface area contributed by atoms with Crippen LogP contribution in [0, 0.1) is 0 Å². The molecule has 0 aliphatic rings. The summed E-state index contributed by atoms with van der Waals surface area (Å²) in [5.41, 5.74) is 2.43. The average molecular weight is 349 g/mol. The van der Waals surface area contributed by atoms with Crippen molar-refractivity contribution in [3.63, 3.8) is 0 Å². The molecule has 0 fully saturated rings. The Hall–Kier alpha value is -1.39.